The number of benzene rings is 2. The van der Waals surface area contributed by atoms with Gasteiger partial charge in [0, 0.05) is 11.6 Å². The van der Waals surface area contributed by atoms with Crippen LogP contribution in [0.4, 0.5) is 5.69 Å². The summed E-state index contributed by atoms with van der Waals surface area (Å²) in [6.45, 7) is 0.144. The van der Waals surface area contributed by atoms with Crippen molar-refractivity contribution in [1.29, 1.82) is 5.26 Å². The zero-order valence-corrected chi connectivity index (χ0v) is 13.5. The average molecular weight is 352 g/mol. The molecular formula is C15H14ClN3O3S. The molecule has 0 radical (unpaired) electrons. The first-order valence-electron chi connectivity index (χ1n) is 6.55. The minimum Gasteiger partial charge on any atom is -0.387 e. The molecule has 0 bridgehead atoms. The Morgan fingerprint density at radius 1 is 1.26 bits per heavy atom. The van der Waals surface area contributed by atoms with Gasteiger partial charge in [0.05, 0.1) is 22.3 Å². The number of anilines is 1. The van der Waals surface area contributed by atoms with Crippen LogP contribution in [0.5, 0.6) is 0 Å². The van der Waals surface area contributed by atoms with Gasteiger partial charge in [-0.25, -0.2) is 13.6 Å². The summed E-state index contributed by atoms with van der Waals surface area (Å²) in [7, 11) is -3.87. The second-order valence-corrected chi connectivity index (χ2v) is 6.81. The van der Waals surface area contributed by atoms with Gasteiger partial charge in [-0.1, -0.05) is 23.7 Å². The minimum atomic E-state index is -3.87. The highest BCUT2D eigenvalue weighted by molar-refractivity contribution is 7.89. The largest absolute Gasteiger partial charge is 0.387 e. The molecule has 0 spiro atoms. The molecule has 2 aromatic rings. The fraction of sp³-hybridized carbons (Fsp3) is 0.133. The molecule has 4 N–H and O–H groups in total. The SMILES string of the molecule is N#Cc1cc(S(N)(=O)=O)ccc1NC[C@H](O)c1ccc(Cl)cc1. The van der Waals surface area contributed by atoms with Gasteiger partial charge < -0.3 is 10.4 Å². The number of nitrogens with zero attached hydrogens (tertiary/aromatic N) is 1. The van der Waals surface area contributed by atoms with Crippen LogP contribution in [0.15, 0.2) is 47.4 Å². The lowest BCUT2D eigenvalue weighted by Crippen LogP contribution is -2.15. The van der Waals surface area contributed by atoms with Gasteiger partial charge in [0.25, 0.3) is 0 Å². The number of aliphatic hydroxyl groups is 1. The summed E-state index contributed by atoms with van der Waals surface area (Å²) < 4.78 is 22.6. The molecule has 2 rings (SSSR count). The molecule has 120 valence electrons. The Morgan fingerprint density at radius 3 is 2.48 bits per heavy atom. The molecule has 0 saturated carbocycles. The maximum Gasteiger partial charge on any atom is 0.238 e. The Labute approximate surface area is 139 Å². The predicted octanol–water partition coefficient (Wildman–Crippen LogP) is 2.00. The van der Waals surface area contributed by atoms with Gasteiger partial charge in [-0.2, -0.15) is 5.26 Å². The Balaban J connectivity index is 2.14. The molecule has 2 aromatic carbocycles. The number of halogens is 1. The van der Waals surface area contributed by atoms with E-state index in [9.17, 15) is 13.5 Å². The van der Waals surface area contributed by atoms with Gasteiger partial charge in [0.1, 0.15) is 6.07 Å². The van der Waals surface area contributed by atoms with E-state index in [0.717, 1.165) is 0 Å². The first kappa shape index (κ1) is 17.2. The maximum absolute atomic E-state index is 11.3. The van der Waals surface area contributed by atoms with E-state index >= 15 is 0 Å². The number of hydrogen-bond donors (Lipinski definition) is 3. The van der Waals surface area contributed by atoms with E-state index in [1.54, 1.807) is 24.3 Å². The molecule has 0 fully saturated rings. The standard InChI is InChI=1S/C15H14ClN3O3S/c16-12-3-1-10(2-4-12)15(20)9-19-14-6-5-13(23(18,21)22)7-11(14)8-17/h1-7,15,19-20H,9H2,(H2,18,21,22)/t15-/m0/s1. The van der Waals surface area contributed by atoms with Crippen LogP contribution in [-0.2, 0) is 10.0 Å². The molecule has 23 heavy (non-hydrogen) atoms. The van der Waals surface area contributed by atoms with Crippen molar-refractivity contribution in [1.82, 2.24) is 0 Å². The molecule has 0 aromatic heterocycles. The Hall–Kier alpha value is -2.11. The minimum absolute atomic E-state index is 0.125. The Morgan fingerprint density at radius 2 is 1.91 bits per heavy atom. The van der Waals surface area contributed by atoms with Crippen molar-refractivity contribution in [2.24, 2.45) is 5.14 Å². The third kappa shape index (κ3) is 4.43. The smallest absolute Gasteiger partial charge is 0.238 e. The zero-order chi connectivity index (χ0) is 17.0. The maximum atomic E-state index is 11.3. The van der Waals surface area contributed by atoms with Crippen molar-refractivity contribution in [3.8, 4) is 6.07 Å². The van der Waals surface area contributed by atoms with Gasteiger partial charge in [-0.05, 0) is 35.9 Å². The lowest BCUT2D eigenvalue weighted by atomic mass is 10.1. The van der Waals surface area contributed by atoms with Crippen LogP contribution in [0.25, 0.3) is 0 Å². The van der Waals surface area contributed by atoms with Crippen molar-refractivity contribution < 1.29 is 13.5 Å². The van der Waals surface area contributed by atoms with Crippen molar-refractivity contribution in [2.45, 2.75) is 11.0 Å². The monoisotopic (exact) mass is 351 g/mol. The van der Waals surface area contributed by atoms with Gasteiger partial charge in [0.2, 0.25) is 10.0 Å². The quantitative estimate of drug-likeness (QED) is 0.761. The van der Waals surface area contributed by atoms with Crippen LogP contribution < -0.4 is 10.5 Å². The van der Waals surface area contributed by atoms with Crippen molar-refractivity contribution in [2.75, 3.05) is 11.9 Å². The summed E-state index contributed by atoms with van der Waals surface area (Å²) in [5.74, 6) is 0. The van der Waals surface area contributed by atoms with Gasteiger partial charge in [-0.15, -0.1) is 0 Å². The molecule has 6 nitrogen and oxygen atoms in total. The molecule has 0 amide bonds. The van der Waals surface area contributed by atoms with E-state index in [1.807, 2.05) is 6.07 Å². The van der Waals surface area contributed by atoms with Crippen LogP contribution in [0.1, 0.15) is 17.2 Å². The third-order valence-electron chi connectivity index (χ3n) is 3.18. The number of aliphatic hydroxyl groups excluding tert-OH is 1. The normalized spacial score (nSPS) is 12.4. The van der Waals surface area contributed by atoms with E-state index in [2.05, 4.69) is 5.32 Å². The fourth-order valence-corrected chi connectivity index (χ4v) is 2.62. The molecule has 0 aliphatic carbocycles. The highest BCUT2D eigenvalue weighted by Crippen LogP contribution is 2.21. The number of nitrogens with two attached hydrogens (primary N) is 1. The second-order valence-electron chi connectivity index (χ2n) is 4.81. The zero-order valence-electron chi connectivity index (χ0n) is 11.9. The van der Waals surface area contributed by atoms with E-state index in [4.69, 9.17) is 22.0 Å². The molecule has 0 aliphatic heterocycles. The number of sulfonamides is 1. The summed E-state index contributed by atoms with van der Waals surface area (Å²) in [6, 6.07) is 12.6. The highest BCUT2D eigenvalue weighted by atomic mass is 35.5. The molecule has 0 aliphatic rings. The Bertz CT molecular complexity index is 845. The number of nitriles is 1. The lowest BCUT2D eigenvalue weighted by molar-refractivity contribution is 0.191. The van der Waals surface area contributed by atoms with E-state index in [1.165, 1.54) is 18.2 Å². The van der Waals surface area contributed by atoms with Gasteiger partial charge >= 0.3 is 0 Å². The predicted molar refractivity (Wildman–Crippen MR) is 87.4 cm³/mol. The molecule has 1 atom stereocenters. The van der Waals surface area contributed by atoms with E-state index < -0.39 is 16.1 Å². The summed E-state index contributed by atoms with van der Waals surface area (Å²) >= 11 is 5.79. The van der Waals surface area contributed by atoms with Gasteiger partial charge in [-0.3, -0.25) is 0 Å². The highest BCUT2D eigenvalue weighted by Gasteiger charge is 2.13. The van der Waals surface area contributed by atoms with Crippen LogP contribution in [0.3, 0.4) is 0 Å². The first-order chi connectivity index (χ1) is 10.8. The summed E-state index contributed by atoms with van der Waals surface area (Å²) in [5, 5.41) is 27.8. The van der Waals surface area contributed by atoms with Crippen molar-refractivity contribution >= 4 is 27.3 Å². The van der Waals surface area contributed by atoms with Crippen molar-refractivity contribution in [3.05, 3.63) is 58.6 Å². The summed E-state index contributed by atoms with van der Waals surface area (Å²) in [4.78, 5) is -0.141. The number of nitrogens with one attached hydrogen (secondary N) is 1. The van der Waals surface area contributed by atoms with Crippen LogP contribution >= 0.6 is 11.6 Å². The fourth-order valence-electron chi connectivity index (χ4n) is 1.96. The van der Waals surface area contributed by atoms with Crippen LogP contribution in [0, 0.1) is 11.3 Å². The summed E-state index contributed by atoms with van der Waals surface area (Å²) in [6.07, 6.45) is -0.809. The molecule has 0 unspecified atom stereocenters. The van der Waals surface area contributed by atoms with Crippen LogP contribution in [-0.4, -0.2) is 20.1 Å². The molecule has 0 heterocycles. The first-order valence-corrected chi connectivity index (χ1v) is 8.48. The summed E-state index contributed by atoms with van der Waals surface area (Å²) in [5.41, 5.74) is 1.20. The number of primary sulfonamides is 1. The lowest BCUT2D eigenvalue weighted by Gasteiger charge is -2.14. The second kappa shape index (κ2) is 6.98. The van der Waals surface area contributed by atoms with E-state index in [0.29, 0.717) is 16.3 Å². The van der Waals surface area contributed by atoms with E-state index in [-0.39, 0.29) is 17.0 Å². The van der Waals surface area contributed by atoms with Crippen LogP contribution in [0.2, 0.25) is 5.02 Å². The van der Waals surface area contributed by atoms with Gasteiger partial charge in [0.15, 0.2) is 0 Å². The molecule has 8 heteroatoms. The topological polar surface area (TPSA) is 116 Å². The average Bonchev–Trinajstić information content (AvgIpc) is 2.52. The Kier molecular flexibility index (Phi) is 5.23. The van der Waals surface area contributed by atoms with Crippen molar-refractivity contribution in [3.63, 3.8) is 0 Å². The molecular weight excluding hydrogens is 338 g/mol. The third-order valence-corrected chi connectivity index (χ3v) is 4.34. The molecule has 0 saturated heterocycles. The number of hydrogen-bond acceptors (Lipinski definition) is 5. The number of rotatable bonds is 5.